The Morgan fingerprint density at radius 2 is 2.00 bits per heavy atom. The Hall–Kier alpha value is -2.02. The largest absolute Gasteiger partial charge is 0.444 e. The number of nitrogens with zero attached hydrogens (tertiary/aromatic N) is 4. The highest BCUT2D eigenvalue weighted by molar-refractivity contribution is 9.08. The van der Waals surface area contributed by atoms with E-state index in [2.05, 4.69) is 31.2 Å². The van der Waals surface area contributed by atoms with Crippen molar-refractivity contribution in [3.63, 3.8) is 0 Å². The summed E-state index contributed by atoms with van der Waals surface area (Å²) in [6.07, 6.45) is 3.40. The maximum atomic E-state index is 12.9. The highest BCUT2D eigenvalue weighted by Gasteiger charge is 2.08. The lowest BCUT2D eigenvalue weighted by Gasteiger charge is -1.95. The predicted molar refractivity (Wildman–Crippen MR) is 73.7 cm³/mol. The van der Waals surface area contributed by atoms with Crippen LogP contribution in [0.1, 0.15) is 11.4 Å². The Bertz CT molecular complexity index is 707. The summed E-state index contributed by atoms with van der Waals surface area (Å²) in [5, 5.41) is 8.61. The molecule has 0 bridgehead atoms. The third kappa shape index (κ3) is 2.77. The van der Waals surface area contributed by atoms with Gasteiger partial charge in [0.1, 0.15) is 17.8 Å². The molecule has 0 amide bonds. The number of aromatic nitrogens is 4. The Labute approximate surface area is 122 Å². The monoisotopic (exact) mass is 336 g/mol. The molecule has 0 spiro atoms. The standard InChI is InChI=1S/C13H10BrFN4O/c14-5-11-6-19(18-17-11)7-12-8-20-13(16-12)9-1-3-10(15)4-2-9/h1-4,6,8H,5,7H2. The summed E-state index contributed by atoms with van der Waals surface area (Å²) in [6.45, 7) is 0.477. The molecule has 0 saturated carbocycles. The fourth-order valence-electron chi connectivity index (χ4n) is 1.75. The molecule has 0 fully saturated rings. The van der Waals surface area contributed by atoms with Crippen LogP contribution in [0.5, 0.6) is 0 Å². The SMILES string of the molecule is Fc1ccc(-c2nc(Cn3cc(CBr)nn3)co2)cc1. The summed E-state index contributed by atoms with van der Waals surface area (Å²) < 4.78 is 19.9. The average Bonchev–Trinajstić information content (AvgIpc) is 3.09. The summed E-state index contributed by atoms with van der Waals surface area (Å²) in [6, 6.07) is 6.00. The summed E-state index contributed by atoms with van der Waals surface area (Å²) in [7, 11) is 0. The molecular weight excluding hydrogens is 327 g/mol. The van der Waals surface area contributed by atoms with E-state index in [0.717, 1.165) is 17.0 Å². The number of alkyl halides is 1. The first-order chi connectivity index (χ1) is 9.74. The zero-order valence-corrected chi connectivity index (χ0v) is 11.9. The minimum absolute atomic E-state index is 0.287. The molecule has 2 heterocycles. The van der Waals surface area contributed by atoms with Crippen LogP contribution >= 0.6 is 15.9 Å². The van der Waals surface area contributed by atoms with E-state index in [4.69, 9.17) is 4.42 Å². The molecule has 0 saturated heterocycles. The van der Waals surface area contributed by atoms with Gasteiger partial charge in [-0.1, -0.05) is 21.1 Å². The van der Waals surface area contributed by atoms with Crippen LogP contribution < -0.4 is 0 Å². The van der Waals surface area contributed by atoms with Crippen molar-refractivity contribution < 1.29 is 8.81 Å². The van der Waals surface area contributed by atoms with Gasteiger partial charge in [-0.2, -0.15) is 0 Å². The van der Waals surface area contributed by atoms with E-state index in [1.165, 1.54) is 12.1 Å². The second kappa shape index (κ2) is 5.54. The molecule has 0 N–H and O–H groups in total. The quantitative estimate of drug-likeness (QED) is 0.687. The van der Waals surface area contributed by atoms with Gasteiger partial charge >= 0.3 is 0 Å². The van der Waals surface area contributed by atoms with Gasteiger partial charge in [0.05, 0.1) is 12.2 Å². The van der Waals surface area contributed by atoms with E-state index in [1.807, 2.05) is 6.20 Å². The highest BCUT2D eigenvalue weighted by Crippen LogP contribution is 2.19. The molecule has 7 heteroatoms. The fourth-order valence-corrected chi connectivity index (χ4v) is 2.00. The first kappa shape index (κ1) is 13.0. The zero-order chi connectivity index (χ0) is 13.9. The van der Waals surface area contributed by atoms with Gasteiger partial charge in [-0.25, -0.2) is 14.1 Å². The molecule has 3 aromatic rings. The fraction of sp³-hybridized carbons (Fsp3) is 0.154. The maximum absolute atomic E-state index is 12.9. The lowest BCUT2D eigenvalue weighted by atomic mass is 10.2. The Kier molecular flexibility index (Phi) is 3.60. The molecule has 0 aliphatic heterocycles. The van der Waals surface area contributed by atoms with Gasteiger partial charge in [-0.15, -0.1) is 5.10 Å². The van der Waals surface area contributed by atoms with Crippen molar-refractivity contribution in [2.45, 2.75) is 11.9 Å². The van der Waals surface area contributed by atoms with Crippen LogP contribution in [0.25, 0.3) is 11.5 Å². The molecule has 3 rings (SSSR count). The molecule has 1 aromatic carbocycles. The molecule has 20 heavy (non-hydrogen) atoms. The van der Waals surface area contributed by atoms with Crippen molar-refractivity contribution in [3.05, 3.63) is 53.9 Å². The summed E-state index contributed by atoms with van der Waals surface area (Å²) in [4.78, 5) is 4.35. The van der Waals surface area contributed by atoms with Crippen LogP contribution in [0.15, 0.2) is 41.1 Å². The van der Waals surface area contributed by atoms with Crippen LogP contribution in [-0.2, 0) is 11.9 Å². The molecule has 0 aliphatic carbocycles. The molecule has 0 unspecified atom stereocenters. The van der Waals surface area contributed by atoms with Gasteiger partial charge < -0.3 is 4.42 Å². The molecule has 0 aliphatic rings. The third-order valence-electron chi connectivity index (χ3n) is 2.69. The lowest BCUT2D eigenvalue weighted by molar-refractivity contribution is 0.567. The second-order valence-corrected chi connectivity index (χ2v) is 4.75. The summed E-state index contributed by atoms with van der Waals surface area (Å²) >= 11 is 3.32. The van der Waals surface area contributed by atoms with E-state index < -0.39 is 0 Å². The van der Waals surface area contributed by atoms with Crippen LogP contribution in [0.3, 0.4) is 0 Å². The van der Waals surface area contributed by atoms with Gasteiger partial charge in [-0.05, 0) is 24.3 Å². The van der Waals surface area contributed by atoms with E-state index in [1.54, 1.807) is 23.1 Å². The zero-order valence-electron chi connectivity index (χ0n) is 10.3. The Balaban J connectivity index is 1.78. The first-order valence-corrected chi connectivity index (χ1v) is 7.02. The number of halogens is 2. The van der Waals surface area contributed by atoms with E-state index in [0.29, 0.717) is 17.8 Å². The molecule has 102 valence electrons. The normalized spacial score (nSPS) is 10.9. The maximum Gasteiger partial charge on any atom is 0.226 e. The van der Waals surface area contributed by atoms with Crippen molar-refractivity contribution >= 4 is 15.9 Å². The highest BCUT2D eigenvalue weighted by atomic mass is 79.9. The van der Waals surface area contributed by atoms with Crippen LogP contribution in [0.2, 0.25) is 0 Å². The van der Waals surface area contributed by atoms with Crippen molar-refractivity contribution in [3.8, 4) is 11.5 Å². The Morgan fingerprint density at radius 1 is 1.20 bits per heavy atom. The number of hydrogen-bond donors (Lipinski definition) is 0. The van der Waals surface area contributed by atoms with Crippen LogP contribution in [0.4, 0.5) is 4.39 Å². The Morgan fingerprint density at radius 3 is 2.70 bits per heavy atom. The van der Waals surface area contributed by atoms with Crippen molar-refractivity contribution in [2.24, 2.45) is 0 Å². The predicted octanol–water partition coefficient (Wildman–Crippen LogP) is 3.02. The summed E-state index contributed by atoms with van der Waals surface area (Å²) in [5.74, 6) is 0.172. The molecule has 0 atom stereocenters. The van der Waals surface area contributed by atoms with Gasteiger partial charge in [0.2, 0.25) is 5.89 Å². The molecule has 2 aromatic heterocycles. The van der Waals surface area contributed by atoms with E-state index in [-0.39, 0.29) is 5.82 Å². The van der Waals surface area contributed by atoms with Crippen molar-refractivity contribution in [1.82, 2.24) is 20.0 Å². The van der Waals surface area contributed by atoms with Gasteiger partial charge in [-0.3, -0.25) is 0 Å². The van der Waals surface area contributed by atoms with Gasteiger partial charge in [0.25, 0.3) is 0 Å². The minimum Gasteiger partial charge on any atom is -0.444 e. The van der Waals surface area contributed by atoms with E-state index >= 15 is 0 Å². The lowest BCUT2D eigenvalue weighted by Crippen LogP contribution is -2.00. The smallest absolute Gasteiger partial charge is 0.226 e. The van der Waals surface area contributed by atoms with Gasteiger partial charge in [0, 0.05) is 17.1 Å². The minimum atomic E-state index is -0.287. The number of benzene rings is 1. The van der Waals surface area contributed by atoms with E-state index in [9.17, 15) is 4.39 Å². The topological polar surface area (TPSA) is 56.7 Å². The molecule has 0 radical (unpaired) electrons. The van der Waals surface area contributed by atoms with Crippen LogP contribution in [-0.4, -0.2) is 20.0 Å². The van der Waals surface area contributed by atoms with Crippen LogP contribution in [0, 0.1) is 5.82 Å². The number of hydrogen-bond acceptors (Lipinski definition) is 4. The second-order valence-electron chi connectivity index (χ2n) is 4.19. The number of oxazole rings is 1. The summed E-state index contributed by atoms with van der Waals surface area (Å²) in [5.41, 5.74) is 2.32. The molecule has 5 nitrogen and oxygen atoms in total. The van der Waals surface area contributed by atoms with Crippen molar-refractivity contribution in [1.29, 1.82) is 0 Å². The van der Waals surface area contributed by atoms with Gasteiger partial charge in [0.15, 0.2) is 0 Å². The number of rotatable bonds is 4. The first-order valence-electron chi connectivity index (χ1n) is 5.90. The molecular formula is C13H10BrFN4O. The van der Waals surface area contributed by atoms with Crippen molar-refractivity contribution in [2.75, 3.05) is 0 Å². The average molecular weight is 337 g/mol. The third-order valence-corrected chi connectivity index (χ3v) is 3.26.